The molecule has 0 aliphatic carbocycles. The highest BCUT2D eigenvalue weighted by Gasteiger charge is 1.97. The zero-order chi connectivity index (χ0) is 9.10. The summed E-state index contributed by atoms with van der Waals surface area (Å²) < 4.78 is 4.50. The Morgan fingerprint density at radius 2 is 2.00 bits per heavy atom. The number of para-hydroxylation sites is 1. The summed E-state index contributed by atoms with van der Waals surface area (Å²) in [7, 11) is 0. The zero-order valence-corrected chi connectivity index (χ0v) is 6.73. The molecule has 0 aliphatic heterocycles. The van der Waals surface area contributed by atoms with Gasteiger partial charge in [0.1, 0.15) is 0 Å². The van der Waals surface area contributed by atoms with Gasteiger partial charge in [0, 0.05) is 11.5 Å². The van der Waals surface area contributed by atoms with Crippen LogP contribution in [0.3, 0.4) is 0 Å². The van der Waals surface area contributed by atoms with E-state index in [-0.39, 0.29) is 5.88 Å². The number of pyridine rings is 1. The van der Waals surface area contributed by atoms with Crippen LogP contribution >= 0.6 is 0 Å². The van der Waals surface area contributed by atoms with Crippen LogP contribution in [-0.2, 0) is 4.79 Å². The second-order valence-electron chi connectivity index (χ2n) is 2.53. The molecular formula is C10H6NO2. The van der Waals surface area contributed by atoms with Gasteiger partial charge in [-0.3, -0.25) is 0 Å². The van der Waals surface area contributed by atoms with Crippen LogP contribution in [0.15, 0.2) is 36.4 Å². The number of rotatable bonds is 2. The molecule has 13 heavy (non-hydrogen) atoms. The Bertz CT molecular complexity index is 440. The van der Waals surface area contributed by atoms with E-state index in [2.05, 4.69) is 9.72 Å². The number of hydrogen-bond acceptors (Lipinski definition) is 3. The molecule has 0 aliphatic rings. The van der Waals surface area contributed by atoms with Crippen LogP contribution in [0, 0.1) is 0 Å². The quantitative estimate of drug-likeness (QED) is 0.691. The molecule has 3 nitrogen and oxygen atoms in total. The Hall–Kier alpha value is -1.90. The fourth-order valence-electron chi connectivity index (χ4n) is 1.15. The third kappa shape index (κ3) is 1.49. The molecule has 2 rings (SSSR count). The molecule has 63 valence electrons. The molecule has 0 spiro atoms. The van der Waals surface area contributed by atoms with Gasteiger partial charge in [-0.05, 0) is 12.1 Å². The first kappa shape index (κ1) is 7.73. The molecule has 0 bridgehead atoms. The van der Waals surface area contributed by atoms with Gasteiger partial charge in [0.05, 0.1) is 5.52 Å². The summed E-state index contributed by atoms with van der Waals surface area (Å²) in [5.41, 5.74) is 0.801. The standard InChI is InChI=1S/C10H6NO2/c12-7-13-10-6-5-8-3-1-2-4-9(8)11-10/h1-6H. The van der Waals surface area contributed by atoms with E-state index in [0.717, 1.165) is 10.9 Å². The van der Waals surface area contributed by atoms with Crippen molar-refractivity contribution < 1.29 is 9.53 Å². The molecule has 0 saturated heterocycles. The van der Waals surface area contributed by atoms with E-state index in [1.807, 2.05) is 30.3 Å². The fraction of sp³-hybridized carbons (Fsp3) is 0. The highest BCUT2D eigenvalue weighted by atomic mass is 16.5. The van der Waals surface area contributed by atoms with Gasteiger partial charge in [0.15, 0.2) is 0 Å². The monoisotopic (exact) mass is 172 g/mol. The van der Waals surface area contributed by atoms with Crippen molar-refractivity contribution >= 4 is 17.4 Å². The lowest BCUT2D eigenvalue weighted by Crippen LogP contribution is -1.91. The Labute approximate surface area is 75.0 Å². The molecule has 0 fully saturated rings. The van der Waals surface area contributed by atoms with Crippen molar-refractivity contribution in [2.24, 2.45) is 0 Å². The minimum Gasteiger partial charge on any atom is -0.399 e. The van der Waals surface area contributed by atoms with E-state index in [0.29, 0.717) is 0 Å². The Balaban J connectivity index is 2.55. The van der Waals surface area contributed by atoms with Gasteiger partial charge < -0.3 is 4.74 Å². The molecular weight excluding hydrogens is 166 g/mol. The second kappa shape index (κ2) is 3.23. The molecule has 0 amide bonds. The number of nitrogens with zero attached hydrogens (tertiary/aromatic N) is 1. The second-order valence-corrected chi connectivity index (χ2v) is 2.53. The lowest BCUT2D eigenvalue weighted by molar-refractivity contribution is 0.434. The highest BCUT2D eigenvalue weighted by molar-refractivity contribution is 5.78. The van der Waals surface area contributed by atoms with Gasteiger partial charge in [-0.25, -0.2) is 9.78 Å². The van der Waals surface area contributed by atoms with Crippen molar-refractivity contribution in [3.05, 3.63) is 36.4 Å². The SMILES string of the molecule is O=[C]Oc1ccc2ccccc2n1. The number of fused-ring (bicyclic) bond motifs is 1. The van der Waals surface area contributed by atoms with Crippen LogP contribution < -0.4 is 4.74 Å². The number of benzene rings is 1. The third-order valence-corrected chi connectivity index (χ3v) is 1.72. The number of ether oxygens (including phenoxy) is 1. The highest BCUT2D eigenvalue weighted by Crippen LogP contribution is 2.15. The summed E-state index contributed by atoms with van der Waals surface area (Å²) in [6, 6.07) is 11.1. The van der Waals surface area contributed by atoms with Crippen molar-refractivity contribution in [3.63, 3.8) is 0 Å². The van der Waals surface area contributed by atoms with Crippen LogP contribution in [0.5, 0.6) is 5.88 Å². The summed E-state index contributed by atoms with van der Waals surface area (Å²) in [6.45, 7) is 1.34. The topological polar surface area (TPSA) is 39.2 Å². The molecule has 0 atom stereocenters. The van der Waals surface area contributed by atoms with Crippen LogP contribution in [0.2, 0.25) is 0 Å². The molecule has 1 aromatic carbocycles. The van der Waals surface area contributed by atoms with Crippen LogP contribution in [0.4, 0.5) is 0 Å². The van der Waals surface area contributed by atoms with Crippen molar-refractivity contribution in [3.8, 4) is 5.88 Å². The Kier molecular flexibility index (Phi) is 1.92. The molecule has 0 unspecified atom stereocenters. The molecule has 1 radical (unpaired) electrons. The van der Waals surface area contributed by atoms with Gasteiger partial charge in [0.2, 0.25) is 5.88 Å². The van der Waals surface area contributed by atoms with Crippen LogP contribution in [0.1, 0.15) is 0 Å². The summed E-state index contributed by atoms with van der Waals surface area (Å²) >= 11 is 0. The molecule has 1 aromatic heterocycles. The van der Waals surface area contributed by atoms with E-state index in [1.165, 1.54) is 6.47 Å². The van der Waals surface area contributed by atoms with Gasteiger partial charge in [0.25, 0.3) is 0 Å². The summed E-state index contributed by atoms with van der Waals surface area (Å²) in [4.78, 5) is 14.0. The third-order valence-electron chi connectivity index (χ3n) is 1.72. The largest absolute Gasteiger partial charge is 0.424 e. The predicted octanol–water partition coefficient (Wildman–Crippen LogP) is 1.68. The van der Waals surface area contributed by atoms with Gasteiger partial charge in [-0.1, -0.05) is 18.2 Å². The summed E-state index contributed by atoms with van der Waals surface area (Å²) in [6.07, 6.45) is 0. The molecule has 3 heteroatoms. The maximum Gasteiger partial charge on any atom is 0.424 e. The normalized spacial score (nSPS) is 9.85. The zero-order valence-electron chi connectivity index (χ0n) is 6.73. The van der Waals surface area contributed by atoms with Crippen LogP contribution in [0.25, 0.3) is 10.9 Å². The number of aromatic nitrogens is 1. The Morgan fingerprint density at radius 1 is 1.15 bits per heavy atom. The van der Waals surface area contributed by atoms with Gasteiger partial charge in [-0.2, -0.15) is 0 Å². The van der Waals surface area contributed by atoms with E-state index >= 15 is 0 Å². The molecule has 2 aromatic rings. The lowest BCUT2D eigenvalue weighted by atomic mass is 10.2. The van der Waals surface area contributed by atoms with E-state index in [9.17, 15) is 4.79 Å². The van der Waals surface area contributed by atoms with E-state index < -0.39 is 0 Å². The van der Waals surface area contributed by atoms with Crippen LogP contribution in [-0.4, -0.2) is 11.5 Å². The lowest BCUT2D eigenvalue weighted by Gasteiger charge is -1.98. The maximum atomic E-state index is 9.92. The van der Waals surface area contributed by atoms with Crippen molar-refractivity contribution in [2.75, 3.05) is 0 Å². The fourth-order valence-corrected chi connectivity index (χ4v) is 1.15. The van der Waals surface area contributed by atoms with Crippen molar-refractivity contribution in [1.82, 2.24) is 4.98 Å². The average Bonchev–Trinajstić information content (AvgIpc) is 2.18. The molecule has 0 saturated carbocycles. The predicted molar refractivity (Wildman–Crippen MR) is 48.1 cm³/mol. The Morgan fingerprint density at radius 3 is 2.85 bits per heavy atom. The maximum absolute atomic E-state index is 9.92. The number of hydrogen-bond donors (Lipinski definition) is 0. The molecule has 1 heterocycles. The van der Waals surface area contributed by atoms with Gasteiger partial charge >= 0.3 is 6.47 Å². The first-order valence-electron chi connectivity index (χ1n) is 3.80. The van der Waals surface area contributed by atoms with E-state index in [4.69, 9.17) is 0 Å². The minimum atomic E-state index is 0.272. The van der Waals surface area contributed by atoms with Gasteiger partial charge in [-0.15, -0.1) is 0 Å². The minimum absolute atomic E-state index is 0.272. The van der Waals surface area contributed by atoms with Crippen molar-refractivity contribution in [1.29, 1.82) is 0 Å². The van der Waals surface area contributed by atoms with Crippen molar-refractivity contribution in [2.45, 2.75) is 0 Å². The van der Waals surface area contributed by atoms with E-state index in [1.54, 1.807) is 6.07 Å². The number of carbonyl (C=O) groups excluding carboxylic acids is 1. The first-order chi connectivity index (χ1) is 6.40. The first-order valence-corrected chi connectivity index (χ1v) is 3.80. The summed E-state index contributed by atoms with van der Waals surface area (Å²) in [5, 5.41) is 1.01. The smallest absolute Gasteiger partial charge is 0.399 e. The molecule has 0 N–H and O–H groups in total. The summed E-state index contributed by atoms with van der Waals surface area (Å²) in [5.74, 6) is 0.272. The average molecular weight is 172 g/mol.